The lowest BCUT2D eigenvalue weighted by atomic mass is 10.2. The number of rotatable bonds is 4. The number of amides is 2. The molecular formula is C18H20N4O3. The zero-order valence-electron chi connectivity index (χ0n) is 14.0. The molecule has 1 aromatic heterocycles. The number of benzene rings is 1. The van der Waals surface area contributed by atoms with Crippen molar-refractivity contribution in [3.63, 3.8) is 0 Å². The number of ether oxygens (including phenoxy) is 1. The SMILES string of the molecule is CC(=O)Nc1cccc(NC(=O)c2cncc(N3CCOCC3)c2)c1. The van der Waals surface area contributed by atoms with Crippen molar-refractivity contribution in [2.24, 2.45) is 0 Å². The highest BCUT2D eigenvalue weighted by molar-refractivity contribution is 6.05. The molecule has 1 aliphatic heterocycles. The summed E-state index contributed by atoms with van der Waals surface area (Å²) < 4.78 is 5.35. The molecule has 2 heterocycles. The second kappa shape index (κ2) is 7.76. The molecule has 130 valence electrons. The topological polar surface area (TPSA) is 83.6 Å². The van der Waals surface area contributed by atoms with E-state index in [0.717, 1.165) is 18.8 Å². The first kappa shape index (κ1) is 16.9. The summed E-state index contributed by atoms with van der Waals surface area (Å²) in [5.41, 5.74) is 2.62. The van der Waals surface area contributed by atoms with Gasteiger partial charge in [0.15, 0.2) is 0 Å². The first-order chi connectivity index (χ1) is 12.1. The van der Waals surface area contributed by atoms with Gasteiger partial charge < -0.3 is 20.3 Å². The number of hydrogen-bond donors (Lipinski definition) is 2. The summed E-state index contributed by atoms with van der Waals surface area (Å²) in [7, 11) is 0. The van der Waals surface area contributed by atoms with Gasteiger partial charge in [-0.1, -0.05) is 6.07 Å². The molecule has 3 rings (SSSR count). The third-order valence-corrected chi connectivity index (χ3v) is 3.80. The number of carbonyl (C=O) groups is 2. The molecule has 0 atom stereocenters. The number of aromatic nitrogens is 1. The molecule has 0 aliphatic carbocycles. The Morgan fingerprint density at radius 2 is 1.80 bits per heavy atom. The lowest BCUT2D eigenvalue weighted by Gasteiger charge is -2.28. The van der Waals surface area contributed by atoms with Gasteiger partial charge in [0.2, 0.25) is 5.91 Å². The van der Waals surface area contributed by atoms with Gasteiger partial charge in [-0.3, -0.25) is 14.6 Å². The van der Waals surface area contributed by atoms with E-state index in [1.54, 1.807) is 30.5 Å². The Hall–Kier alpha value is -2.93. The third kappa shape index (κ3) is 4.54. The van der Waals surface area contributed by atoms with Gasteiger partial charge in [-0.25, -0.2) is 0 Å². The first-order valence-electron chi connectivity index (χ1n) is 8.08. The summed E-state index contributed by atoms with van der Waals surface area (Å²) in [5, 5.41) is 5.52. The average Bonchev–Trinajstić information content (AvgIpc) is 2.62. The summed E-state index contributed by atoms with van der Waals surface area (Å²) in [4.78, 5) is 30.0. The number of nitrogens with one attached hydrogen (secondary N) is 2. The summed E-state index contributed by atoms with van der Waals surface area (Å²) in [6.07, 6.45) is 3.29. The minimum atomic E-state index is -0.248. The Morgan fingerprint density at radius 3 is 2.52 bits per heavy atom. The second-order valence-electron chi connectivity index (χ2n) is 5.75. The van der Waals surface area contributed by atoms with Crippen LogP contribution in [0.5, 0.6) is 0 Å². The van der Waals surface area contributed by atoms with Crippen molar-refractivity contribution in [1.29, 1.82) is 0 Å². The van der Waals surface area contributed by atoms with Crippen LogP contribution in [0.25, 0.3) is 0 Å². The number of pyridine rings is 1. The predicted octanol–water partition coefficient (Wildman–Crippen LogP) is 2.13. The van der Waals surface area contributed by atoms with Crippen molar-refractivity contribution < 1.29 is 14.3 Å². The van der Waals surface area contributed by atoms with Crippen molar-refractivity contribution in [1.82, 2.24) is 4.98 Å². The number of morpholine rings is 1. The van der Waals surface area contributed by atoms with Gasteiger partial charge in [-0.15, -0.1) is 0 Å². The highest BCUT2D eigenvalue weighted by atomic mass is 16.5. The Morgan fingerprint density at radius 1 is 1.08 bits per heavy atom. The summed E-state index contributed by atoms with van der Waals surface area (Å²) >= 11 is 0. The minimum absolute atomic E-state index is 0.161. The van der Waals surface area contributed by atoms with Crippen LogP contribution < -0.4 is 15.5 Å². The molecule has 2 aromatic rings. The van der Waals surface area contributed by atoms with Gasteiger partial charge >= 0.3 is 0 Å². The molecular weight excluding hydrogens is 320 g/mol. The van der Waals surface area contributed by atoms with Gasteiger partial charge in [0.1, 0.15) is 0 Å². The van der Waals surface area contributed by atoms with Crippen molar-refractivity contribution in [3.8, 4) is 0 Å². The maximum absolute atomic E-state index is 12.5. The highest BCUT2D eigenvalue weighted by Crippen LogP contribution is 2.19. The smallest absolute Gasteiger partial charge is 0.257 e. The van der Waals surface area contributed by atoms with Crippen LogP contribution in [-0.2, 0) is 9.53 Å². The van der Waals surface area contributed by atoms with Gasteiger partial charge in [0, 0.05) is 37.6 Å². The summed E-state index contributed by atoms with van der Waals surface area (Å²) in [6, 6.07) is 8.83. The third-order valence-electron chi connectivity index (χ3n) is 3.80. The van der Waals surface area contributed by atoms with Crippen LogP contribution in [0.3, 0.4) is 0 Å². The lowest BCUT2D eigenvalue weighted by molar-refractivity contribution is -0.114. The van der Waals surface area contributed by atoms with Crippen LogP contribution in [0.2, 0.25) is 0 Å². The fourth-order valence-electron chi connectivity index (χ4n) is 2.63. The predicted molar refractivity (Wildman–Crippen MR) is 96.0 cm³/mol. The van der Waals surface area contributed by atoms with E-state index in [0.29, 0.717) is 30.2 Å². The van der Waals surface area contributed by atoms with Gasteiger partial charge in [0.25, 0.3) is 5.91 Å². The Labute approximate surface area is 146 Å². The molecule has 0 bridgehead atoms. The van der Waals surface area contributed by atoms with Crippen molar-refractivity contribution >= 4 is 28.9 Å². The van der Waals surface area contributed by atoms with Crippen molar-refractivity contribution in [2.75, 3.05) is 41.8 Å². The van der Waals surface area contributed by atoms with E-state index in [9.17, 15) is 9.59 Å². The fourth-order valence-corrected chi connectivity index (χ4v) is 2.63. The van der Waals surface area contributed by atoms with Crippen LogP contribution >= 0.6 is 0 Å². The van der Waals surface area contributed by atoms with Crippen LogP contribution in [0.15, 0.2) is 42.7 Å². The molecule has 2 N–H and O–H groups in total. The number of anilines is 3. The summed E-state index contributed by atoms with van der Waals surface area (Å²) in [5.74, 6) is -0.409. The fraction of sp³-hybridized carbons (Fsp3) is 0.278. The zero-order valence-corrected chi connectivity index (χ0v) is 14.0. The molecule has 1 saturated heterocycles. The molecule has 7 nitrogen and oxygen atoms in total. The number of carbonyl (C=O) groups excluding carboxylic acids is 2. The molecule has 0 radical (unpaired) electrons. The monoisotopic (exact) mass is 340 g/mol. The number of hydrogen-bond acceptors (Lipinski definition) is 5. The highest BCUT2D eigenvalue weighted by Gasteiger charge is 2.14. The molecule has 0 unspecified atom stereocenters. The van der Waals surface area contributed by atoms with E-state index >= 15 is 0 Å². The second-order valence-corrected chi connectivity index (χ2v) is 5.75. The van der Waals surface area contributed by atoms with Gasteiger partial charge in [-0.05, 0) is 24.3 Å². The van der Waals surface area contributed by atoms with Crippen molar-refractivity contribution in [3.05, 3.63) is 48.3 Å². The Bertz CT molecular complexity index is 772. The van der Waals surface area contributed by atoms with Gasteiger partial charge in [-0.2, -0.15) is 0 Å². The van der Waals surface area contributed by atoms with E-state index in [4.69, 9.17) is 4.74 Å². The number of nitrogens with zero attached hydrogens (tertiary/aromatic N) is 2. The van der Waals surface area contributed by atoms with E-state index in [1.165, 1.54) is 13.1 Å². The van der Waals surface area contributed by atoms with Crippen LogP contribution in [0, 0.1) is 0 Å². The molecule has 25 heavy (non-hydrogen) atoms. The van der Waals surface area contributed by atoms with E-state index < -0.39 is 0 Å². The first-order valence-corrected chi connectivity index (χ1v) is 8.08. The molecule has 7 heteroatoms. The van der Waals surface area contributed by atoms with Gasteiger partial charge in [0.05, 0.1) is 30.7 Å². The van der Waals surface area contributed by atoms with Crippen LogP contribution in [0.4, 0.5) is 17.1 Å². The normalized spacial score (nSPS) is 14.0. The lowest BCUT2D eigenvalue weighted by Crippen LogP contribution is -2.36. The molecule has 1 aromatic carbocycles. The van der Waals surface area contributed by atoms with E-state index in [1.807, 2.05) is 6.07 Å². The van der Waals surface area contributed by atoms with Crippen LogP contribution in [-0.4, -0.2) is 43.1 Å². The molecule has 1 aliphatic rings. The van der Waals surface area contributed by atoms with Crippen LogP contribution in [0.1, 0.15) is 17.3 Å². The maximum Gasteiger partial charge on any atom is 0.257 e. The summed E-state index contributed by atoms with van der Waals surface area (Å²) in [6.45, 7) is 4.35. The van der Waals surface area contributed by atoms with Crippen molar-refractivity contribution in [2.45, 2.75) is 6.92 Å². The standard InChI is InChI=1S/C18H20N4O3/c1-13(23)20-15-3-2-4-16(10-15)21-18(24)14-9-17(12-19-11-14)22-5-7-25-8-6-22/h2-4,9-12H,5-8H2,1H3,(H,20,23)(H,21,24). The van der Waals surface area contributed by atoms with E-state index in [2.05, 4.69) is 20.5 Å². The Kier molecular flexibility index (Phi) is 5.25. The molecule has 1 fully saturated rings. The zero-order chi connectivity index (χ0) is 17.6. The molecule has 0 spiro atoms. The minimum Gasteiger partial charge on any atom is -0.378 e. The van der Waals surface area contributed by atoms with E-state index in [-0.39, 0.29) is 11.8 Å². The average molecular weight is 340 g/mol. The maximum atomic E-state index is 12.5. The quantitative estimate of drug-likeness (QED) is 0.891. The molecule has 2 amide bonds. The molecule has 0 saturated carbocycles. The Balaban J connectivity index is 1.72. The largest absolute Gasteiger partial charge is 0.378 e.